The Morgan fingerprint density at radius 2 is 1.12 bits per heavy atom. The van der Waals surface area contributed by atoms with Crippen molar-refractivity contribution in [2.45, 2.75) is 63.9 Å². The second kappa shape index (κ2) is 15.9. The normalized spacial score (nSPS) is 22.2. The summed E-state index contributed by atoms with van der Waals surface area (Å²) >= 11 is 7.15. The van der Waals surface area contributed by atoms with Crippen LogP contribution in [0, 0.1) is 0 Å². The molecule has 5 nitrogen and oxygen atoms in total. The van der Waals surface area contributed by atoms with E-state index in [0.717, 1.165) is 31.2 Å². The van der Waals surface area contributed by atoms with Gasteiger partial charge in [0.05, 0.1) is 39.1 Å². The number of hydrogen-bond donors (Lipinski definition) is 0. The molecule has 0 radical (unpaired) electrons. The fraction of sp³-hybridized carbons (Fsp3) is 0.314. The smallest absolute Gasteiger partial charge is 0.115 e. The van der Waals surface area contributed by atoms with Gasteiger partial charge in [0.25, 0.3) is 0 Å². The van der Waals surface area contributed by atoms with Gasteiger partial charge >= 0.3 is 0 Å². The van der Waals surface area contributed by atoms with Crippen LogP contribution >= 0.6 is 31.9 Å². The van der Waals surface area contributed by atoms with Crippen molar-refractivity contribution >= 4 is 31.9 Å². The Balaban J connectivity index is 1.37. The molecule has 4 aromatic rings. The third-order valence-corrected chi connectivity index (χ3v) is 8.59. The summed E-state index contributed by atoms with van der Waals surface area (Å²) in [6, 6.07) is 36.6. The molecule has 1 aliphatic heterocycles. The van der Waals surface area contributed by atoms with E-state index < -0.39 is 6.10 Å². The minimum atomic E-state index is -0.417. The van der Waals surface area contributed by atoms with Crippen molar-refractivity contribution in [3.63, 3.8) is 0 Å². The lowest BCUT2D eigenvalue weighted by Gasteiger charge is -2.45. The highest BCUT2D eigenvalue weighted by Gasteiger charge is 2.46. The molecule has 0 bridgehead atoms. The van der Waals surface area contributed by atoms with E-state index in [-0.39, 0.29) is 24.4 Å². The Kier molecular flexibility index (Phi) is 11.8. The zero-order valence-electron chi connectivity index (χ0n) is 23.6. The topological polar surface area (TPSA) is 46.2 Å². The summed E-state index contributed by atoms with van der Waals surface area (Å²) in [6.45, 7) is 4.16. The first-order chi connectivity index (χ1) is 20.6. The van der Waals surface area contributed by atoms with Crippen LogP contribution in [0.2, 0.25) is 0 Å². The lowest BCUT2D eigenvalue weighted by atomic mass is 9.94. The van der Waals surface area contributed by atoms with E-state index in [0.29, 0.717) is 33.0 Å². The fourth-order valence-corrected chi connectivity index (χ4v) is 5.72. The minimum Gasteiger partial charge on any atom is -0.374 e. The van der Waals surface area contributed by atoms with E-state index in [4.69, 9.17) is 23.7 Å². The Labute approximate surface area is 265 Å². The molecule has 220 valence electrons. The van der Waals surface area contributed by atoms with Gasteiger partial charge < -0.3 is 23.7 Å². The highest BCUT2D eigenvalue weighted by atomic mass is 79.9. The van der Waals surface area contributed by atoms with E-state index in [1.165, 1.54) is 0 Å². The van der Waals surface area contributed by atoms with Gasteiger partial charge in [-0.3, -0.25) is 0 Å². The van der Waals surface area contributed by atoms with E-state index in [1.54, 1.807) is 0 Å². The van der Waals surface area contributed by atoms with Gasteiger partial charge in [-0.05, 0) is 47.4 Å². The number of rotatable bonds is 13. The SMILES string of the molecule is CC1O[C@@H](COCc2ccc(Br)cc2)[C@H](OCc2ccccc2)[C@H](OCc2ccccc2)C1OCc1ccccc1Br. The molecule has 7 heteroatoms. The molecule has 1 fully saturated rings. The minimum absolute atomic E-state index is 0.244. The van der Waals surface area contributed by atoms with Gasteiger partial charge in [0.1, 0.15) is 24.4 Å². The first-order valence-corrected chi connectivity index (χ1v) is 15.8. The van der Waals surface area contributed by atoms with Crippen molar-refractivity contribution in [1.29, 1.82) is 0 Å². The monoisotopic (exact) mass is 694 g/mol. The molecule has 0 spiro atoms. The molecule has 5 atom stereocenters. The molecule has 1 saturated heterocycles. The molecule has 1 aliphatic rings. The summed E-state index contributed by atoms with van der Waals surface area (Å²) in [5, 5.41) is 0. The number of halogens is 2. The summed E-state index contributed by atoms with van der Waals surface area (Å²) in [6.07, 6.45) is -1.75. The van der Waals surface area contributed by atoms with Crippen molar-refractivity contribution < 1.29 is 23.7 Å². The van der Waals surface area contributed by atoms with Crippen molar-refractivity contribution in [3.05, 3.63) is 140 Å². The Morgan fingerprint density at radius 1 is 0.571 bits per heavy atom. The zero-order valence-corrected chi connectivity index (χ0v) is 26.8. The summed E-state index contributed by atoms with van der Waals surface area (Å²) in [4.78, 5) is 0. The first-order valence-electron chi connectivity index (χ1n) is 14.2. The van der Waals surface area contributed by atoms with E-state index >= 15 is 0 Å². The molecule has 0 amide bonds. The predicted octanol–water partition coefficient (Wildman–Crippen LogP) is 8.27. The van der Waals surface area contributed by atoms with Gasteiger partial charge in [-0.1, -0.05) is 123 Å². The lowest BCUT2D eigenvalue weighted by molar-refractivity contribution is -0.269. The second-order valence-corrected chi connectivity index (χ2v) is 12.2. The summed E-state index contributed by atoms with van der Waals surface area (Å²) in [5.41, 5.74) is 4.33. The molecule has 0 aromatic heterocycles. The molecule has 5 rings (SSSR count). The number of benzene rings is 4. The molecule has 2 unspecified atom stereocenters. The molecule has 0 aliphatic carbocycles. The number of hydrogen-bond acceptors (Lipinski definition) is 5. The maximum Gasteiger partial charge on any atom is 0.115 e. The van der Waals surface area contributed by atoms with Gasteiger partial charge in [0, 0.05) is 8.95 Å². The average molecular weight is 696 g/mol. The molecular formula is C35H36Br2O5. The summed E-state index contributed by atoms with van der Waals surface area (Å²) in [7, 11) is 0. The van der Waals surface area contributed by atoms with E-state index in [9.17, 15) is 0 Å². The maximum absolute atomic E-state index is 6.68. The van der Waals surface area contributed by atoms with Gasteiger partial charge in [-0.25, -0.2) is 0 Å². The zero-order chi connectivity index (χ0) is 29.1. The van der Waals surface area contributed by atoms with Gasteiger partial charge in [-0.2, -0.15) is 0 Å². The summed E-state index contributed by atoms with van der Waals surface area (Å²) < 4.78 is 34.7. The summed E-state index contributed by atoms with van der Waals surface area (Å²) in [5.74, 6) is 0. The highest BCUT2D eigenvalue weighted by molar-refractivity contribution is 9.10. The Hall–Kier alpha value is -2.36. The second-order valence-electron chi connectivity index (χ2n) is 10.4. The molecular weight excluding hydrogens is 660 g/mol. The van der Waals surface area contributed by atoms with Crippen LogP contribution in [-0.4, -0.2) is 37.1 Å². The largest absolute Gasteiger partial charge is 0.374 e. The Morgan fingerprint density at radius 3 is 1.76 bits per heavy atom. The molecule has 0 saturated carbocycles. The van der Waals surface area contributed by atoms with E-state index in [2.05, 4.69) is 74.3 Å². The lowest BCUT2D eigenvalue weighted by Crippen LogP contribution is -2.60. The van der Waals surface area contributed by atoms with Crippen molar-refractivity contribution in [3.8, 4) is 0 Å². The van der Waals surface area contributed by atoms with Crippen LogP contribution in [0.1, 0.15) is 29.2 Å². The van der Waals surface area contributed by atoms with Gasteiger partial charge in [0.2, 0.25) is 0 Å². The van der Waals surface area contributed by atoms with Crippen LogP contribution in [-0.2, 0) is 50.1 Å². The van der Waals surface area contributed by atoms with Gasteiger partial charge in [-0.15, -0.1) is 0 Å². The Bertz CT molecular complexity index is 1350. The van der Waals surface area contributed by atoms with Gasteiger partial charge in [0.15, 0.2) is 0 Å². The fourth-order valence-electron chi connectivity index (χ4n) is 5.06. The molecule has 4 aromatic carbocycles. The maximum atomic E-state index is 6.68. The highest BCUT2D eigenvalue weighted by Crippen LogP contribution is 2.31. The average Bonchev–Trinajstić information content (AvgIpc) is 3.02. The predicted molar refractivity (Wildman–Crippen MR) is 171 cm³/mol. The van der Waals surface area contributed by atoms with Crippen molar-refractivity contribution in [2.75, 3.05) is 6.61 Å². The van der Waals surface area contributed by atoms with Crippen molar-refractivity contribution in [2.24, 2.45) is 0 Å². The molecule has 0 N–H and O–H groups in total. The third kappa shape index (κ3) is 8.83. The first kappa shape index (κ1) is 31.1. The van der Waals surface area contributed by atoms with Crippen LogP contribution in [0.3, 0.4) is 0 Å². The van der Waals surface area contributed by atoms with E-state index in [1.807, 2.05) is 73.7 Å². The van der Waals surface area contributed by atoms with Crippen LogP contribution in [0.5, 0.6) is 0 Å². The van der Waals surface area contributed by atoms with Crippen LogP contribution in [0.25, 0.3) is 0 Å². The van der Waals surface area contributed by atoms with Crippen LogP contribution in [0.4, 0.5) is 0 Å². The van der Waals surface area contributed by atoms with Crippen LogP contribution in [0.15, 0.2) is 118 Å². The third-order valence-electron chi connectivity index (χ3n) is 7.29. The molecule has 42 heavy (non-hydrogen) atoms. The standard InChI is InChI=1S/C35H36Br2O5/c1-25-33(41-23-29-14-8-9-15-31(29)37)35(40-22-27-12-6-3-7-13-27)34(39-21-26-10-4-2-5-11-26)32(42-25)24-38-20-28-16-18-30(36)19-17-28/h2-19,25,32-35H,20-24H2,1H3/t25?,32-,33?,34-,35+/m0/s1. The van der Waals surface area contributed by atoms with Crippen molar-refractivity contribution in [1.82, 2.24) is 0 Å². The quantitative estimate of drug-likeness (QED) is 0.141. The van der Waals surface area contributed by atoms with Crippen LogP contribution < -0.4 is 0 Å². The number of ether oxygens (including phenoxy) is 5. The molecule has 1 heterocycles.